The lowest BCUT2D eigenvalue weighted by Gasteiger charge is -2.02. The molecule has 0 unspecified atom stereocenters. The van der Waals surface area contributed by atoms with E-state index in [1.165, 1.54) is 53.7 Å². The molecule has 2 aromatic heterocycles. The van der Waals surface area contributed by atoms with Gasteiger partial charge in [-0.2, -0.15) is 0 Å². The van der Waals surface area contributed by atoms with Crippen molar-refractivity contribution in [2.24, 2.45) is 0 Å². The molecule has 26 heavy (non-hydrogen) atoms. The lowest BCUT2D eigenvalue weighted by Crippen LogP contribution is -1.98. The number of halogens is 2. The molecule has 0 saturated heterocycles. The molecule has 130 valence electrons. The molecule has 0 saturated carbocycles. The van der Waals surface area contributed by atoms with Crippen molar-refractivity contribution in [1.82, 2.24) is 20.2 Å². The van der Waals surface area contributed by atoms with Gasteiger partial charge in [-0.1, -0.05) is 23.5 Å². The first-order valence-corrected chi connectivity index (χ1v) is 9.20. The molecule has 4 rings (SSSR count). The summed E-state index contributed by atoms with van der Waals surface area (Å²) < 4.78 is 27.1. The van der Waals surface area contributed by atoms with Gasteiger partial charge < -0.3 is 5.32 Å². The maximum atomic E-state index is 13.5. The van der Waals surface area contributed by atoms with Crippen LogP contribution in [-0.2, 0) is 6.54 Å². The minimum atomic E-state index is -0.340. The topological polar surface area (TPSA) is 63.6 Å². The lowest BCUT2D eigenvalue weighted by atomic mass is 10.2. The summed E-state index contributed by atoms with van der Waals surface area (Å²) in [6.07, 6.45) is 1.44. The van der Waals surface area contributed by atoms with Crippen molar-refractivity contribution in [3.63, 3.8) is 0 Å². The van der Waals surface area contributed by atoms with Gasteiger partial charge in [0.15, 0.2) is 4.34 Å². The Morgan fingerprint density at radius 3 is 2.62 bits per heavy atom. The summed E-state index contributed by atoms with van der Waals surface area (Å²) in [5.74, 6) is -0.607. The van der Waals surface area contributed by atoms with Gasteiger partial charge in [0.2, 0.25) is 5.13 Å². The molecule has 2 aromatic carbocycles. The molecular weight excluding hydrogens is 376 g/mol. The standard InChI is InChI=1S/C17H11F2N5S2/c18-11-3-1-10(2-4-11)8-20-16-23-24-17(26-16)25-15-13-7-12(19)5-6-14(13)21-9-22-15/h1-7,9H,8H2,(H,20,23). The van der Waals surface area contributed by atoms with Crippen LogP contribution in [0.5, 0.6) is 0 Å². The highest BCUT2D eigenvalue weighted by Crippen LogP contribution is 2.34. The zero-order chi connectivity index (χ0) is 17.9. The number of hydrogen-bond acceptors (Lipinski definition) is 7. The molecule has 4 aromatic rings. The van der Waals surface area contributed by atoms with Crippen molar-refractivity contribution >= 4 is 39.1 Å². The Bertz CT molecular complexity index is 1050. The molecule has 0 aliphatic rings. The average molecular weight is 387 g/mol. The average Bonchev–Trinajstić information content (AvgIpc) is 3.09. The summed E-state index contributed by atoms with van der Waals surface area (Å²) in [6.45, 7) is 0.515. The second-order valence-corrected chi connectivity index (χ2v) is 7.51. The van der Waals surface area contributed by atoms with Gasteiger partial charge in [-0.05, 0) is 47.7 Å². The Labute approximate surface area is 155 Å². The first kappa shape index (κ1) is 16.8. The first-order valence-electron chi connectivity index (χ1n) is 7.57. The van der Waals surface area contributed by atoms with E-state index < -0.39 is 0 Å². The Morgan fingerprint density at radius 1 is 0.962 bits per heavy atom. The molecule has 0 fully saturated rings. The second kappa shape index (κ2) is 7.30. The third-order valence-corrected chi connectivity index (χ3v) is 5.46. The molecular formula is C17H11F2N5S2. The van der Waals surface area contributed by atoms with Gasteiger partial charge in [-0.25, -0.2) is 18.7 Å². The molecule has 0 aliphatic heterocycles. The number of anilines is 1. The van der Waals surface area contributed by atoms with Crippen LogP contribution in [0, 0.1) is 11.6 Å². The predicted molar refractivity (Wildman–Crippen MR) is 97.3 cm³/mol. The highest BCUT2D eigenvalue weighted by Gasteiger charge is 2.11. The summed E-state index contributed by atoms with van der Waals surface area (Å²) in [5.41, 5.74) is 1.61. The van der Waals surface area contributed by atoms with E-state index in [1.54, 1.807) is 18.2 Å². The van der Waals surface area contributed by atoms with Crippen LogP contribution in [-0.4, -0.2) is 20.2 Å². The fraction of sp³-hybridized carbons (Fsp3) is 0.0588. The highest BCUT2D eigenvalue weighted by molar-refractivity contribution is 8.01. The van der Waals surface area contributed by atoms with Gasteiger partial charge in [0.1, 0.15) is 23.0 Å². The van der Waals surface area contributed by atoms with E-state index in [0.29, 0.717) is 31.9 Å². The summed E-state index contributed by atoms with van der Waals surface area (Å²) in [6, 6.07) is 10.6. The molecule has 2 heterocycles. The van der Waals surface area contributed by atoms with Crippen LogP contribution in [0.4, 0.5) is 13.9 Å². The van der Waals surface area contributed by atoms with Crippen LogP contribution in [0.25, 0.3) is 10.9 Å². The van der Waals surface area contributed by atoms with Crippen molar-refractivity contribution in [2.45, 2.75) is 15.9 Å². The number of rotatable bonds is 5. The third kappa shape index (κ3) is 3.78. The van der Waals surface area contributed by atoms with Gasteiger partial charge >= 0.3 is 0 Å². The van der Waals surface area contributed by atoms with E-state index in [2.05, 4.69) is 25.5 Å². The van der Waals surface area contributed by atoms with E-state index in [0.717, 1.165) is 5.56 Å². The third-order valence-electron chi connectivity index (χ3n) is 3.51. The molecule has 0 radical (unpaired) electrons. The van der Waals surface area contributed by atoms with Crippen molar-refractivity contribution in [3.05, 3.63) is 66.0 Å². The van der Waals surface area contributed by atoms with E-state index in [1.807, 2.05) is 0 Å². The summed E-state index contributed by atoms with van der Waals surface area (Å²) in [7, 11) is 0. The maximum absolute atomic E-state index is 13.5. The van der Waals surface area contributed by atoms with Gasteiger partial charge in [-0.3, -0.25) is 0 Å². The Hall–Kier alpha value is -2.65. The quantitative estimate of drug-likeness (QED) is 0.508. The number of benzene rings is 2. The fourth-order valence-corrected chi connectivity index (χ4v) is 4.01. The Kier molecular flexibility index (Phi) is 4.72. The highest BCUT2D eigenvalue weighted by atomic mass is 32.2. The summed E-state index contributed by atoms with van der Waals surface area (Å²) in [5, 5.41) is 13.3. The fourth-order valence-electron chi connectivity index (χ4n) is 2.27. The number of nitrogens with zero attached hydrogens (tertiary/aromatic N) is 4. The zero-order valence-corrected chi connectivity index (χ0v) is 14.8. The molecule has 0 aliphatic carbocycles. The minimum absolute atomic E-state index is 0.267. The SMILES string of the molecule is Fc1ccc(CNc2nnc(Sc3ncnc4ccc(F)cc34)s2)cc1. The van der Waals surface area contributed by atoms with E-state index in [4.69, 9.17) is 0 Å². The minimum Gasteiger partial charge on any atom is -0.356 e. The monoisotopic (exact) mass is 387 g/mol. The molecule has 0 bridgehead atoms. The van der Waals surface area contributed by atoms with Gasteiger partial charge in [0.05, 0.1) is 5.52 Å². The smallest absolute Gasteiger partial charge is 0.206 e. The molecule has 0 amide bonds. The largest absolute Gasteiger partial charge is 0.356 e. The summed E-state index contributed by atoms with van der Waals surface area (Å²) in [4.78, 5) is 8.36. The van der Waals surface area contributed by atoms with Crippen molar-refractivity contribution in [1.29, 1.82) is 0 Å². The van der Waals surface area contributed by atoms with E-state index in [-0.39, 0.29) is 11.6 Å². The zero-order valence-electron chi connectivity index (χ0n) is 13.2. The van der Waals surface area contributed by atoms with Crippen molar-refractivity contribution in [3.8, 4) is 0 Å². The number of nitrogens with one attached hydrogen (secondary N) is 1. The van der Waals surface area contributed by atoms with Gasteiger partial charge in [0, 0.05) is 11.9 Å². The van der Waals surface area contributed by atoms with Crippen LogP contribution < -0.4 is 5.32 Å². The van der Waals surface area contributed by atoms with Crippen LogP contribution >= 0.6 is 23.1 Å². The van der Waals surface area contributed by atoms with Crippen molar-refractivity contribution in [2.75, 3.05) is 5.32 Å². The Balaban J connectivity index is 1.48. The molecule has 0 spiro atoms. The molecule has 1 N–H and O–H groups in total. The Morgan fingerprint density at radius 2 is 1.77 bits per heavy atom. The van der Waals surface area contributed by atoms with Gasteiger partial charge in [0.25, 0.3) is 0 Å². The van der Waals surface area contributed by atoms with Crippen molar-refractivity contribution < 1.29 is 8.78 Å². The van der Waals surface area contributed by atoms with Gasteiger partial charge in [-0.15, -0.1) is 10.2 Å². The second-order valence-electron chi connectivity index (χ2n) is 5.30. The van der Waals surface area contributed by atoms with Crippen LogP contribution in [0.2, 0.25) is 0 Å². The number of hydrogen-bond donors (Lipinski definition) is 1. The first-order chi connectivity index (χ1) is 12.7. The predicted octanol–water partition coefficient (Wildman–Crippen LogP) is 4.52. The summed E-state index contributed by atoms with van der Waals surface area (Å²) >= 11 is 2.67. The number of fused-ring (bicyclic) bond motifs is 1. The lowest BCUT2D eigenvalue weighted by molar-refractivity contribution is 0.627. The normalized spacial score (nSPS) is 11.0. The number of aromatic nitrogens is 4. The van der Waals surface area contributed by atoms with E-state index in [9.17, 15) is 8.78 Å². The van der Waals surface area contributed by atoms with Crippen LogP contribution in [0.3, 0.4) is 0 Å². The van der Waals surface area contributed by atoms with Crippen LogP contribution in [0.1, 0.15) is 5.56 Å². The maximum Gasteiger partial charge on any atom is 0.206 e. The molecule has 9 heteroatoms. The van der Waals surface area contributed by atoms with Crippen LogP contribution in [0.15, 0.2) is 58.2 Å². The molecule has 5 nitrogen and oxygen atoms in total. The van der Waals surface area contributed by atoms with E-state index >= 15 is 0 Å². The molecule has 0 atom stereocenters.